The van der Waals surface area contributed by atoms with E-state index in [1.165, 1.54) is 32.4 Å². The molecular formula is C20H19Cl2O6P. The normalized spacial score (nSPS) is 16.2. The van der Waals surface area contributed by atoms with Gasteiger partial charge in [-0.15, -0.1) is 0 Å². The van der Waals surface area contributed by atoms with Gasteiger partial charge in [-0.05, 0) is 54.3 Å². The Balaban J connectivity index is 2.11. The zero-order chi connectivity index (χ0) is 21.2. The molecule has 2 aromatic carbocycles. The minimum atomic E-state index is -4.15. The molecule has 0 radical (unpaired) electrons. The van der Waals surface area contributed by atoms with Crippen molar-refractivity contribution < 1.29 is 28.3 Å². The number of methoxy groups -OCH3 is 2. The quantitative estimate of drug-likeness (QED) is 0.329. The molecule has 6 nitrogen and oxygen atoms in total. The van der Waals surface area contributed by atoms with Crippen LogP contribution in [0, 0.1) is 0 Å². The van der Waals surface area contributed by atoms with Crippen molar-refractivity contribution in [3.8, 4) is 5.75 Å². The zero-order valence-corrected chi connectivity index (χ0v) is 18.1. The number of carbonyl (C=O) groups is 1. The Morgan fingerprint density at radius 1 is 1.17 bits per heavy atom. The second-order valence-electron chi connectivity index (χ2n) is 6.44. The first kappa shape index (κ1) is 21.9. The first-order chi connectivity index (χ1) is 13.7. The number of carbonyl (C=O) groups excluding carboxylic acids is 1. The van der Waals surface area contributed by atoms with E-state index in [0.717, 1.165) is 12.8 Å². The standard InChI is InChI=1S/C20H19Cl2O6P/c1-26-15-5-3-4-13(11-15)18(29(24,25)28-14-6-7-14)10-12-8-16(21)19(17(22)9-12)20(23)27-2/h3-5,8-11,14H,6-7H2,1-2H3,(H,24,25)/b18-10+. The summed E-state index contributed by atoms with van der Waals surface area (Å²) in [4.78, 5) is 22.5. The fourth-order valence-electron chi connectivity index (χ4n) is 2.67. The van der Waals surface area contributed by atoms with Crippen molar-refractivity contribution in [2.45, 2.75) is 18.9 Å². The van der Waals surface area contributed by atoms with Gasteiger partial charge in [-0.2, -0.15) is 0 Å². The Morgan fingerprint density at radius 3 is 2.38 bits per heavy atom. The summed E-state index contributed by atoms with van der Waals surface area (Å²) in [6, 6.07) is 9.69. The van der Waals surface area contributed by atoms with Crippen LogP contribution in [0.5, 0.6) is 5.75 Å². The van der Waals surface area contributed by atoms with Gasteiger partial charge in [-0.25, -0.2) is 4.79 Å². The van der Waals surface area contributed by atoms with E-state index in [1.54, 1.807) is 24.3 Å². The molecule has 0 heterocycles. The monoisotopic (exact) mass is 456 g/mol. The van der Waals surface area contributed by atoms with Crippen LogP contribution < -0.4 is 4.74 Å². The van der Waals surface area contributed by atoms with Gasteiger partial charge in [0.15, 0.2) is 0 Å². The Bertz CT molecular complexity index is 993. The molecule has 0 aliphatic heterocycles. The summed E-state index contributed by atoms with van der Waals surface area (Å²) >= 11 is 12.4. The van der Waals surface area contributed by atoms with E-state index >= 15 is 0 Å². The lowest BCUT2D eigenvalue weighted by molar-refractivity contribution is 0.0601. The molecule has 0 spiro atoms. The molecule has 1 aliphatic rings. The second-order valence-corrected chi connectivity index (χ2v) is 8.99. The lowest BCUT2D eigenvalue weighted by Crippen LogP contribution is -2.03. The van der Waals surface area contributed by atoms with Crippen molar-refractivity contribution in [2.24, 2.45) is 0 Å². The van der Waals surface area contributed by atoms with E-state index in [-0.39, 0.29) is 27.0 Å². The van der Waals surface area contributed by atoms with Gasteiger partial charge in [0.1, 0.15) is 5.75 Å². The van der Waals surface area contributed by atoms with Crippen LogP contribution in [0.3, 0.4) is 0 Å². The zero-order valence-electron chi connectivity index (χ0n) is 15.7. The fraction of sp³-hybridized carbons (Fsp3) is 0.250. The van der Waals surface area contributed by atoms with Crippen LogP contribution in [0.25, 0.3) is 11.4 Å². The van der Waals surface area contributed by atoms with Crippen molar-refractivity contribution in [3.05, 3.63) is 63.1 Å². The van der Waals surface area contributed by atoms with E-state index in [1.807, 2.05) is 0 Å². The molecule has 1 aliphatic carbocycles. The van der Waals surface area contributed by atoms with Gasteiger partial charge in [-0.3, -0.25) is 4.57 Å². The molecule has 0 aromatic heterocycles. The maximum atomic E-state index is 13.0. The highest BCUT2D eigenvalue weighted by atomic mass is 35.5. The summed E-state index contributed by atoms with van der Waals surface area (Å²) in [5.74, 6) is -0.148. The van der Waals surface area contributed by atoms with Gasteiger partial charge >= 0.3 is 13.6 Å². The number of benzene rings is 2. The fourth-order valence-corrected chi connectivity index (χ4v) is 4.84. The predicted molar refractivity (Wildman–Crippen MR) is 113 cm³/mol. The molecule has 1 atom stereocenters. The number of esters is 1. The van der Waals surface area contributed by atoms with Gasteiger partial charge in [0.05, 0.1) is 41.2 Å². The van der Waals surface area contributed by atoms with Crippen molar-refractivity contribution >= 4 is 48.2 Å². The number of rotatable bonds is 7. The smallest absolute Gasteiger partial charge is 0.359 e. The van der Waals surface area contributed by atoms with Gasteiger partial charge in [0, 0.05) is 0 Å². The average molecular weight is 457 g/mol. The van der Waals surface area contributed by atoms with Crippen LogP contribution in [-0.2, 0) is 13.8 Å². The summed E-state index contributed by atoms with van der Waals surface area (Å²) in [7, 11) is -1.42. The van der Waals surface area contributed by atoms with Crippen molar-refractivity contribution in [2.75, 3.05) is 14.2 Å². The van der Waals surface area contributed by atoms with Crippen LogP contribution in [0.2, 0.25) is 10.0 Å². The van der Waals surface area contributed by atoms with Crippen LogP contribution in [0.1, 0.15) is 34.3 Å². The molecular weight excluding hydrogens is 438 g/mol. The maximum absolute atomic E-state index is 13.0. The van der Waals surface area contributed by atoms with E-state index in [2.05, 4.69) is 4.74 Å². The van der Waals surface area contributed by atoms with E-state index in [4.69, 9.17) is 32.5 Å². The van der Waals surface area contributed by atoms with E-state index < -0.39 is 13.6 Å². The third-order valence-corrected chi connectivity index (χ3v) is 6.42. The van der Waals surface area contributed by atoms with Crippen LogP contribution in [0.4, 0.5) is 0 Å². The molecule has 1 saturated carbocycles. The summed E-state index contributed by atoms with van der Waals surface area (Å²) < 4.78 is 28.4. The molecule has 1 fully saturated rings. The Labute approximate surface area is 178 Å². The molecule has 154 valence electrons. The molecule has 9 heteroatoms. The van der Waals surface area contributed by atoms with Crippen molar-refractivity contribution in [1.82, 2.24) is 0 Å². The molecule has 2 aromatic rings. The maximum Gasteiger partial charge on any atom is 0.359 e. The van der Waals surface area contributed by atoms with Crippen LogP contribution >= 0.6 is 30.8 Å². The molecule has 1 N–H and O–H groups in total. The summed E-state index contributed by atoms with van der Waals surface area (Å²) in [6.07, 6.45) is 2.70. The number of ether oxygens (including phenoxy) is 2. The molecule has 0 saturated heterocycles. The number of hydrogen-bond donors (Lipinski definition) is 1. The average Bonchev–Trinajstić information content (AvgIpc) is 3.48. The first-order valence-corrected chi connectivity index (χ1v) is 11.0. The lowest BCUT2D eigenvalue weighted by atomic mass is 10.1. The summed E-state index contributed by atoms with van der Waals surface area (Å²) in [6.45, 7) is 0. The molecule has 3 rings (SSSR count). The van der Waals surface area contributed by atoms with Gasteiger partial charge in [0.25, 0.3) is 0 Å². The van der Waals surface area contributed by atoms with Gasteiger partial charge < -0.3 is 18.9 Å². The van der Waals surface area contributed by atoms with Gasteiger partial charge in [-0.1, -0.05) is 35.3 Å². The van der Waals surface area contributed by atoms with Crippen molar-refractivity contribution in [1.29, 1.82) is 0 Å². The molecule has 1 unspecified atom stereocenters. The minimum Gasteiger partial charge on any atom is -0.497 e. The van der Waals surface area contributed by atoms with Gasteiger partial charge in [0.2, 0.25) is 0 Å². The summed E-state index contributed by atoms with van der Waals surface area (Å²) in [5.41, 5.74) is 0.914. The topological polar surface area (TPSA) is 82.1 Å². The number of hydrogen-bond acceptors (Lipinski definition) is 5. The Morgan fingerprint density at radius 2 is 1.83 bits per heavy atom. The number of halogens is 2. The van der Waals surface area contributed by atoms with Crippen LogP contribution in [-0.4, -0.2) is 31.2 Å². The van der Waals surface area contributed by atoms with E-state index in [0.29, 0.717) is 16.9 Å². The largest absolute Gasteiger partial charge is 0.497 e. The minimum absolute atomic E-state index is 0.0253. The highest BCUT2D eigenvalue weighted by molar-refractivity contribution is 7.64. The predicted octanol–water partition coefficient (Wildman–Crippen LogP) is 5.65. The Kier molecular flexibility index (Phi) is 6.72. The first-order valence-electron chi connectivity index (χ1n) is 8.70. The molecule has 0 amide bonds. The summed E-state index contributed by atoms with van der Waals surface area (Å²) in [5, 5.41) is 0.203. The second kappa shape index (κ2) is 8.90. The molecule has 29 heavy (non-hydrogen) atoms. The van der Waals surface area contributed by atoms with Crippen LogP contribution in [0.15, 0.2) is 36.4 Å². The SMILES string of the molecule is COC(=O)c1c(Cl)cc(/C=C(\c2cccc(OC)c2)P(=O)(O)OC2CC2)cc1Cl. The third-order valence-electron chi connectivity index (χ3n) is 4.24. The van der Waals surface area contributed by atoms with E-state index in [9.17, 15) is 14.3 Å². The highest BCUT2D eigenvalue weighted by Gasteiger charge is 2.36. The van der Waals surface area contributed by atoms with Crippen molar-refractivity contribution in [3.63, 3.8) is 0 Å². The lowest BCUT2D eigenvalue weighted by Gasteiger charge is -2.17. The third kappa shape index (κ3) is 5.21. The molecule has 0 bridgehead atoms. The Hall–Kier alpha value is -1.82. The highest BCUT2D eigenvalue weighted by Crippen LogP contribution is 2.60.